The van der Waals surface area contributed by atoms with Crippen molar-refractivity contribution in [3.63, 3.8) is 0 Å². The van der Waals surface area contributed by atoms with Crippen LogP contribution in [0.4, 0.5) is 17.2 Å². The molecule has 124 valence electrons. The van der Waals surface area contributed by atoms with E-state index in [1.165, 1.54) is 11.1 Å². The van der Waals surface area contributed by atoms with Crippen molar-refractivity contribution >= 4 is 27.2 Å². The molecule has 0 atom stereocenters. The predicted molar refractivity (Wildman–Crippen MR) is 95.8 cm³/mol. The van der Waals surface area contributed by atoms with E-state index in [0.29, 0.717) is 12.2 Å². The third kappa shape index (κ3) is 5.56. The Kier molecular flexibility index (Phi) is 5.60. The molecule has 2 aromatic rings. The maximum Gasteiger partial charge on any atom is 0.233 e. The number of rotatable bonds is 7. The van der Waals surface area contributed by atoms with Crippen LogP contribution in [0.1, 0.15) is 30.9 Å². The highest BCUT2D eigenvalue weighted by Crippen LogP contribution is 2.20. The molecule has 0 spiro atoms. The first-order chi connectivity index (χ1) is 10.9. The fourth-order valence-electron chi connectivity index (χ4n) is 2.29. The van der Waals surface area contributed by atoms with Crippen LogP contribution in [0.5, 0.6) is 0 Å². The summed E-state index contributed by atoms with van der Waals surface area (Å²) in [5, 5.41) is 3.27. The van der Waals surface area contributed by atoms with E-state index in [4.69, 9.17) is 0 Å². The van der Waals surface area contributed by atoms with Crippen LogP contribution in [0.25, 0.3) is 0 Å². The Morgan fingerprint density at radius 3 is 2.30 bits per heavy atom. The van der Waals surface area contributed by atoms with Crippen molar-refractivity contribution in [1.82, 2.24) is 4.98 Å². The molecule has 0 saturated heterocycles. The summed E-state index contributed by atoms with van der Waals surface area (Å²) in [6, 6.07) is 9.68. The zero-order valence-corrected chi connectivity index (χ0v) is 14.6. The summed E-state index contributed by atoms with van der Waals surface area (Å²) in [5.74, 6) is 0.459. The van der Waals surface area contributed by atoms with Gasteiger partial charge < -0.3 is 5.32 Å². The van der Waals surface area contributed by atoms with Crippen molar-refractivity contribution in [1.29, 1.82) is 0 Å². The van der Waals surface area contributed by atoms with Gasteiger partial charge in [-0.25, -0.2) is 13.4 Å². The molecule has 23 heavy (non-hydrogen) atoms. The van der Waals surface area contributed by atoms with Crippen LogP contribution in [0.3, 0.4) is 0 Å². The minimum absolute atomic E-state index is 0.119. The molecule has 2 N–H and O–H groups in total. The fourth-order valence-corrected chi connectivity index (χ4v) is 3.50. The average Bonchev–Trinajstić information content (AvgIpc) is 2.46. The van der Waals surface area contributed by atoms with Crippen LogP contribution in [-0.2, 0) is 10.0 Å². The average molecular weight is 333 g/mol. The van der Waals surface area contributed by atoms with Crippen LogP contribution < -0.4 is 10.0 Å². The molecule has 1 heterocycles. The van der Waals surface area contributed by atoms with E-state index in [1.54, 1.807) is 12.3 Å². The van der Waals surface area contributed by atoms with Crippen molar-refractivity contribution < 1.29 is 8.42 Å². The second-order valence-corrected chi connectivity index (χ2v) is 7.55. The molecule has 0 aliphatic carbocycles. The van der Waals surface area contributed by atoms with Gasteiger partial charge in [0, 0.05) is 5.69 Å². The van der Waals surface area contributed by atoms with Gasteiger partial charge in [0.2, 0.25) is 10.0 Å². The largest absolute Gasteiger partial charge is 0.354 e. The second kappa shape index (κ2) is 7.46. The number of aryl methyl sites for hydroxylation is 2. The summed E-state index contributed by atoms with van der Waals surface area (Å²) in [5.41, 5.74) is 4.16. The number of hydrogen-bond donors (Lipinski definition) is 2. The van der Waals surface area contributed by atoms with E-state index < -0.39 is 10.0 Å². The van der Waals surface area contributed by atoms with Gasteiger partial charge in [-0.15, -0.1) is 0 Å². The van der Waals surface area contributed by atoms with Gasteiger partial charge in [-0.2, -0.15) is 0 Å². The van der Waals surface area contributed by atoms with Crippen molar-refractivity contribution in [2.24, 2.45) is 0 Å². The number of anilines is 3. The lowest BCUT2D eigenvalue weighted by molar-refractivity contribution is 0.597. The van der Waals surface area contributed by atoms with Crippen molar-refractivity contribution in [3.05, 3.63) is 47.7 Å². The summed E-state index contributed by atoms with van der Waals surface area (Å²) >= 11 is 0. The first-order valence-corrected chi connectivity index (χ1v) is 9.35. The van der Waals surface area contributed by atoms with Crippen LogP contribution in [-0.4, -0.2) is 19.2 Å². The lowest BCUT2D eigenvalue weighted by Crippen LogP contribution is -2.17. The molecule has 0 saturated carbocycles. The van der Waals surface area contributed by atoms with Gasteiger partial charge in [0.25, 0.3) is 0 Å². The highest BCUT2D eigenvalue weighted by molar-refractivity contribution is 7.92. The standard InChI is InChI=1S/C17H23N3O2S/c1-4-5-8-23(21,22)20-17-7-6-15(12-18-17)19-16-10-13(2)9-14(3)11-16/h6-7,9-12,19H,4-5,8H2,1-3H3,(H,18,20). The predicted octanol–water partition coefficient (Wildman–Crippen LogP) is 3.98. The summed E-state index contributed by atoms with van der Waals surface area (Å²) < 4.78 is 26.2. The minimum atomic E-state index is -3.31. The zero-order chi connectivity index (χ0) is 16.9. The molecule has 0 aliphatic heterocycles. The molecular formula is C17H23N3O2S. The maximum absolute atomic E-state index is 11.8. The number of unbranched alkanes of at least 4 members (excludes halogenated alkanes) is 1. The summed E-state index contributed by atoms with van der Waals surface area (Å²) in [4.78, 5) is 4.16. The smallest absolute Gasteiger partial charge is 0.233 e. The summed E-state index contributed by atoms with van der Waals surface area (Å²) in [6.07, 6.45) is 3.10. The van der Waals surface area contributed by atoms with Crippen molar-refractivity contribution in [2.45, 2.75) is 33.6 Å². The topological polar surface area (TPSA) is 71.1 Å². The van der Waals surface area contributed by atoms with Crippen molar-refractivity contribution in [3.8, 4) is 0 Å². The highest BCUT2D eigenvalue weighted by Gasteiger charge is 2.10. The fraction of sp³-hybridized carbons (Fsp3) is 0.353. The quantitative estimate of drug-likeness (QED) is 0.804. The molecule has 0 radical (unpaired) electrons. The first kappa shape index (κ1) is 17.3. The number of aromatic nitrogens is 1. The Morgan fingerprint density at radius 2 is 1.74 bits per heavy atom. The van der Waals surface area contributed by atoms with E-state index in [1.807, 2.05) is 39.0 Å². The van der Waals surface area contributed by atoms with Gasteiger partial charge in [0.05, 0.1) is 17.6 Å². The lowest BCUT2D eigenvalue weighted by Gasteiger charge is -2.10. The first-order valence-electron chi connectivity index (χ1n) is 7.70. The van der Waals surface area contributed by atoms with E-state index in [9.17, 15) is 8.42 Å². The number of pyridine rings is 1. The summed E-state index contributed by atoms with van der Waals surface area (Å²) in [7, 11) is -3.31. The van der Waals surface area contributed by atoms with E-state index in [2.05, 4.69) is 21.1 Å². The van der Waals surface area contributed by atoms with Gasteiger partial charge in [-0.3, -0.25) is 4.72 Å². The number of hydrogen-bond acceptors (Lipinski definition) is 4. The SMILES string of the molecule is CCCCS(=O)(=O)Nc1ccc(Nc2cc(C)cc(C)c2)cn1. The van der Waals surface area contributed by atoms with Gasteiger partial charge >= 0.3 is 0 Å². The lowest BCUT2D eigenvalue weighted by atomic mass is 10.1. The van der Waals surface area contributed by atoms with Crippen molar-refractivity contribution in [2.75, 3.05) is 15.8 Å². The molecule has 2 rings (SSSR count). The van der Waals surface area contributed by atoms with Gasteiger partial charge in [0.1, 0.15) is 5.82 Å². The molecule has 0 aliphatic rings. The number of benzene rings is 1. The van der Waals surface area contributed by atoms with E-state index >= 15 is 0 Å². The molecule has 1 aromatic carbocycles. The van der Waals surface area contributed by atoms with E-state index in [-0.39, 0.29) is 5.75 Å². The summed E-state index contributed by atoms with van der Waals surface area (Å²) in [6.45, 7) is 6.05. The number of sulfonamides is 1. The van der Waals surface area contributed by atoms with Crippen LogP contribution >= 0.6 is 0 Å². The number of nitrogens with one attached hydrogen (secondary N) is 2. The van der Waals surface area contributed by atoms with Crippen LogP contribution in [0.15, 0.2) is 36.5 Å². The molecule has 6 heteroatoms. The molecule has 0 fully saturated rings. The molecular weight excluding hydrogens is 310 g/mol. The normalized spacial score (nSPS) is 11.3. The molecule has 0 unspecified atom stereocenters. The maximum atomic E-state index is 11.8. The second-order valence-electron chi connectivity index (χ2n) is 5.71. The third-order valence-corrected chi connectivity index (χ3v) is 4.65. The van der Waals surface area contributed by atoms with Gasteiger partial charge in [-0.05, 0) is 55.7 Å². The van der Waals surface area contributed by atoms with E-state index in [0.717, 1.165) is 17.8 Å². The Balaban J connectivity index is 2.04. The van der Waals surface area contributed by atoms with Crippen LogP contribution in [0.2, 0.25) is 0 Å². The Bertz CT molecular complexity index is 736. The molecule has 0 amide bonds. The van der Waals surface area contributed by atoms with Gasteiger partial charge in [0.15, 0.2) is 0 Å². The molecule has 0 bridgehead atoms. The zero-order valence-electron chi connectivity index (χ0n) is 13.8. The Hall–Kier alpha value is -2.08. The Morgan fingerprint density at radius 1 is 1.04 bits per heavy atom. The highest BCUT2D eigenvalue weighted by atomic mass is 32.2. The molecule has 1 aromatic heterocycles. The van der Waals surface area contributed by atoms with Gasteiger partial charge in [-0.1, -0.05) is 19.4 Å². The monoisotopic (exact) mass is 333 g/mol. The third-order valence-electron chi connectivity index (χ3n) is 3.30. The molecule has 5 nitrogen and oxygen atoms in total. The van der Waals surface area contributed by atoms with Crippen LogP contribution in [0, 0.1) is 13.8 Å². The minimum Gasteiger partial charge on any atom is -0.354 e. The Labute approximate surface area is 138 Å². The number of nitrogens with zero attached hydrogens (tertiary/aromatic N) is 1.